The second kappa shape index (κ2) is 6.01. The highest BCUT2D eigenvalue weighted by atomic mass is 19.1. The van der Waals surface area contributed by atoms with E-state index in [1.807, 2.05) is 13.8 Å². The van der Waals surface area contributed by atoms with Crippen LogP contribution in [0.3, 0.4) is 0 Å². The molecule has 0 saturated carbocycles. The van der Waals surface area contributed by atoms with Gasteiger partial charge in [0, 0.05) is 17.3 Å². The molecule has 1 unspecified atom stereocenters. The fourth-order valence-electron chi connectivity index (χ4n) is 1.98. The largest absolute Gasteiger partial charge is 0.489 e. The number of aliphatic hydroxyl groups excluding tert-OH is 1. The molecule has 2 rings (SSSR count). The minimum absolute atomic E-state index is 0.0138. The highest BCUT2D eigenvalue weighted by Gasteiger charge is 2.17. The number of aryl methyl sites for hydroxylation is 1. The van der Waals surface area contributed by atoms with Crippen LogP contribution in [-0.2, 0) is 0 Å². The maximum absolute atomic E-state index is 14.0. The summed E-state index contributed by atoms with van der Waals surface area (Å²) in [4.78, 5) is 4.03. The molecule has 0 bridgehead atoms. The predicted octanol–water partition coefficient (Wildman–Crippen LogP) is 3.40. The van der Waals surface area contributed by atoms with Crippen molar-refractivity contribution < 1.29 is 14.2 Å². The first kappa shape index (κ1) is 14.5. The Kier molecular flexibility index (Phi) is 4.35. The normalized spacial score (nSPS) is 12.5. The van der Waals surface area contributed by atoms with E-state index in [4.69, 9.17) is 4.74 Å². The van der Waals surface area contributed by atoms with E-state index in [0.717, 1.165) is 0 Å². The van der Waals surface area contributed by atoms with Crippen molar-refractivity contribution in [1.82, 2.24) is 4.98 Å². The second-order valence-corrected chi connectivity index (χ2v) is 5.00. The first-order valence-corrected chi connectivity index (χ1v) is 6.53. The fraction of sp³-hybridized carbons (Fsp3) is 0.312. The quantitative estimate of drug-likeness (QED) is 0.930. The van der Waals surface area contributed by atoms with E-state index >= 15 is 0 Å². The Balaban J connectivity index is 2.33. The molecule has 1 atom stereocenters. The van der Waals surface area contributed by atoms with Gasteiger partial charge in [0.15, 0.2) is 0 Å². The van der Waals surface area contributed by atoms with Crippen LogP contribution < -0.4 is 4.74 Å². The smallest absolute Gasteiger partial charge is 0.138 e. The lowest BCUT2D eigenvalue weighted by molar-refractivity contribution is 0.210. The molecule has 3 nitrogen and oxygen atoms in total. The van der Waals surface area contributed by atoms with Crippen LogP contribution in [0.15, 0.2) is 36.7 Å². The average Bonchev–Trinajstić information content (AvgIpc) is 2.41. The zero-order chi connectivity index (χ0) is 14.7. The van der Waals surface area contributed by atoms with Crippen LogP contribution in [0, 0.1) is 12.7 Å². The molecule has 0 aliphatic rings. The minimum atomic E-state index is -1.06. The number of benzene rings is 1. The van der Waals surface area contributed by atoms with Gasteiger partial charge >= 0.3 is 0 Å². The first-order valence-electron chi connectivity index (χ1n) is 6.53. The number of rotatable bonds is 4. The zero-order valence-electron chi connectivity index (χ0n) is 11.8. The molecule has 2 aromatic rings. The number of nitrogens with zero attached hydrogens (tertiary/aromatic N) is 1. The molecular weight excluding hydrogens is 257 g/mol. The number of aromatic nitrogens is 1. The summed E-state index contributed by atoms with van der Waals surface area (Å²) < 4.78 is 19.6. The lowest BCUT2D eigenvalue weighted by atomic mass is 10.0. The SMILES string of the molecule is Cc1cccc(C(O)c2cncc(OC(C)C)c2)c1F. The van der Waals surface area contributed by atoms with Gasteiger partial charge in [0.25, 0.3) is 0 Å². The molecule has 1 N–H and O–H groups in total. The summed E-state index contributed by atoms with van der Waals surface area (Å²) in [5.41, 5.74) is 1.25. The van der Waals surface area contributed by atoms with Crippen LogP contribution in [0.4, 0.5) is 4.39 Å². The number of hydrogen-bond donors (Lipinski definition) is 1. The molecule has 0 aliphatic carbocycles. The molecule has 1 aromatic heterocycles. The Labute approximate surface area is 118 Å². The Morgan fingerprint density at radius 1 is 1.25 bits per heavy atom. The molecule has 1 heterocycles. The van der Waals surface area contributed by atoms with Crippen molar-refractivity contribution in [3.05, 3.63) is 59.2 Å². The molecule has 0 saturated heterocycles. The highest BCUT2D eigenvalue weighted by Crippen LogP contribution is 2.27. The topological polar surface area (TPSA) is 42.4 Å². The standard InChI is InChI=1S/C16H18FNO2/c1-10(2)20-13-7-12(8-18-9-13)16(19)14-6-4-5-11(3)15(14)17/h4-10,16,19H,1-3H3. The molecule has 106 valence electrons. The number of hydrogen-bond acceptors (Lipinski definition) is 3. The monoisotopic (exact) mass is 275 g/mol. The summed E-state index contributed by atoms with van der Waals surface area (Å²) >= 11 is 0. The van der Waals surface area contributed by atoms with E-state index in [9.17, 15) is 9.50 Å². The highest BCUT2D eigenvalue weighted by molar-refractivity contribution is 5.35. The van der Waals surface area contributed by atoms with E-state index in [-0.39, 0.29) is 11.7 Å². The predicted molar refractivity (Wildman–Crippen MR) is 75.2 cm³/mol. The first-order chi connectivity index (χ1) is 9.49. The maximum atomic E-state index is 14.0. The molecule has 0 aliphatic heterocycles. The van der Waals surface area contributed by atoms with Gasteiger partial charge in [-0.1, -0.05) is 18.2 Å². The molecule has 20 heavy (non-hydrogen) atoms. The van der Waals surface area contributed by atoms with Gasteiger partial charge in [0.1, 0.15) is 17.7 Å². The van der Waals surface area contributed by atoms with Crippen molar-refractivity contribution in [2.75, 3.05) is 0 Å². The van der Waals surface area contributed by atoms with Gasteiger partial charge in [-0.2, -0.15) is 0 Å². The summed E-state index contributed by atoms with van der Waals surface area (Å²) in [7, 11) is 0. The van der Waals surface area contributed by atoms with Gasteiger partial charge in [0.05, 0.1) is 12.3 Å². The third-order valence-electron chi connectivity index (χ3n) is 2.94. The number of pyridine rings is 1. The van der Waals surface area contributed by atoms with Gasteiger partial charge in [0.2, 0.25) is 0 Å². The van der Waals surface area contributed by atoms with Crippen LogP contribution in [0.25, 0.3) is 0 Å². The summed E-state index contributed by atoms with van der Waals surface area (Å²) in [5.74, 6) is 0.166. The molecule has 1 aromatic carbocycles. The maximum Gasteiger partial charge on any atom is 0.138 e. The van der Waals surface area contributed by atoms with Crippen molar-refractivity contribution in [1.29, 1.82) is 0 Å². The summed E-state index contributed by atoms with van der Waals surface area (Å²) in [6.45, 7) is 5.48. The van der Waals surface area contributed by atoms with E-state index in [2.05, 4.69) is 4.98 Å². The van der Waals surface area contributed by atoms with E-state index in [1.54, 1.807) is 37.4 Å². The van der Waals surface area contributed by atoms with Crippen LogP contribution >= 0.6 is 0 Å². The lowest BCUT2D eigenvalue weighted by Gasteiger charge is -2.15. The molecule has 0 spiro atoms. The molecule has 0 fully saturated rings. The van der Waals surface area contributed by atoms with Crippen LogP contribution in [0.2, 0.25) is 0 Å². The van der Waals surface area contributed by atoms with Gasteiger partial charge in [-0.05, 0) is 32.4 Å². The third-order valence-corrected chi connectivity index (χ3v) is 2.94. The third kappa shape index (κ3) is 3.14. The van der Waals surface area contributed by atoms with Gasteiger partial charge < -0.3 is 9.84 Å². The van der Waals surface area contributed by atoms with Crippen molar-refractivity contribution in [2.45, 2.75) is 33.0 Å². The van der Waals surface area contributed by atoms with E-state index in [0.29, 0.717) is 16.9 Å². The average molecular weight is 275 g/mol. The Morgan fingerprint density at radius 3 is 2.70 bits per heavy atom. The molecule has 0 amide bonds. The number of ether oxygens (including phenoxy) is 1. The van der Waals surface area contributed by atoms with Gasteiger partial charge in [-0.3, -0.25) is 4.98 Å². The Bertz CT molecular complexity index is 599. The minimum Gasteiger partial charge on any atom is -0.489 e. The second-order valence-electron chi connectivity index (χ2n) is 5.00. The summed E-state index contributed by atoms with van der Waals surface area (Å²) in [5, 5.41) is 10.3. The molecule has 0 radical (unpaired) electrons. The Hall–Kier alpha value is -1.94. The van der Waals surface area contributed by atoms with Crippen molar-refractivity contribution in [2.24, 2.45) is 0 Å². The summed E-state index contributed by atoms with van der Waals surface area (Å²) in [6, 6.07) is 6.64. The number of aliphatic hydroxyl groups is 1. The number of halogens is 1. The van der Waals surface area contributed by atoms with Crippen molar-refractivity contribution in [3.63, 3.8) is 0 Å². The van der Waals surface area contributed by atoms with Gasteiger partial charge in [-0.15, -0.1) is 0 Å². The van der Waals surface area contributed by atoms with Crippen LogP contribution in [-0.4, -0.2) is 16.2 Å². The van der Waals surface area contributed by atoms with Crippen molar-refractivity contribution in [3.8, 4) is 5.75 Å². The summed E-state index contributed by atoms with van der Waals surface area (Å²) in [6.07, 6.45) is 2.04. The van der Waals surface area contributed by atoms with Gasteiger partial charge in [-0.25, -0.2) is 4.39 Å². The molecular formula is C16H18FNO2. The zero-order valence-corrected chi connectivity index (χ0v) is 11.8. The lowest BCUT2D eigenvalue weighted by Crippen LogP contribution is -2.08. The molecule has 4 heteroatoms. The van der Waals surface area contributed by atoms with E-state index < -0.39 is 11.9 Å². The van der Waals surface area contributed by atoms with Crippen LogP contribution in [0.5, 0.6) is 5.75 Å². The van der Waals surface area contributed by atoms with Crippen molar-refractivity contribution >= 4 is 0 Å². The Morgan fingerprint density at radius 2 is 2.00 bits per heavy atom. The van der Waals surface area contributed by atoms with Crippen LogP contribution in [0.1, 0.15) is 36.6 Å². The fourth-order valence-corrected chi connectivity index (χ4v) is 1.98. The van der Waals surface area contributed by atoms with E-state index in [1.165, 1.54) is 6.20 Å².